The van der Waals surface area contributed by atoms with Crippen LogP contribution in [0.4, 0.5) is 11.6 Å². The van der Waals surface area contributed by atoms with E-state index >= 15 is 0 Å². The van der Waals surface area contributed by atoms with Crippen molar-refractivity contribution in [2.24, 2.45) is 0 Å². The van der Waals surface area contributed by atoms with Gasteiger partial charge < -0.3 is 29.3 Å². The van der Waals surface area contributed by atoms with Gasteiger partial charge in [0.1, 0.15) is 23.3 Å². The van der Waals surface area contributed by atoms with Crippen molar-refractivity contribution in [3.05, 3.63) is 77.7 Å². The van der Waals surface area contributed by atoms with Gasteiger partial charge >= 0.3 is 0 Å². The van der Waals surface area contributed by atoms with Crippen LogP contribution in [0.15, 0.2) is 76.5 Å². The SMILES string of the molecule is COc1ccc(OC)c(C2C(C(=O)Nc3ccccc3OC)=C(C)Nc3nc(-c4ccco4)nn32)c1. The van der Waals surface area contributed by atoms with Gasteiger partial charge in [0.15, 0.2) is 5.76 Å². The molecule has 2 N–H and O–H groups in total. The lowest BCUT2D eigenvalue weighted by molar-refractivity contribution is -0.113. The number of allylic oxidation sites excluding steroid dienone is 1. The molecular weight excluding hydrogens is 462 g/mol. The molecule has 36 heavy (non-hydrogen) atoms. The number of nitrogens with zero attached hydrogens (tertiary/aromatic N) is 3. The number of methoxy groups -OCH3 is 3. The number of nitrogens with one attached hydrogen (secondary N) is 2. The molecule has 10 heteroatoms. The number of hydrogen-bond donors (Lipinski definition) is 2. The van der Waals surface area contributed by atoms with Crippen LogP contribution < -0.4 is 24.8 Å². The molecule has 184 valence electrons. The average Bonchev–Trinajstić information content (AvgIpc) is 3.58. The summed E-state index contributed by atoms with van der Waals surface area (Å²) in [6.45, 7) is 1.82. The second-order valence-electron chi connectivity index (χ2n) is 8.01. The van der Waals surface area contributed by atoms with Crippen molar-refractivity contribution in [3.8, 4) is 28.8 Å². The van der Waals surface area contributed by atoms with Crippen LogP contribution in [0.5, 0.6) is 17.2 Å². The van der Waals surface area contributed by atoms with Gasteiger partial charge in [-0.1, -0.05) is 12.1 Å². The quantitative estimate of drug-likeness (QED) is 0.392. The van der Waals surface area contributed by atoms with Gasteiger partial charge in [-0.2, -0.15) is 4.98 Å². The van der Waals surface area contributed by atoms with Crippen LogP contribution in [0.1, 0.15) is 18.5 Å². The molecule has 3 heterocycles. The standard InChI is InChI=1S/C26H25N5O5/c1-15-22(25(32)28-18-8-5-6-9-20(18)35-4)23(17-14-16(33-2)11-12-19(17)34-3)31-26(27-15)29-24(30-31)21-10-7-13-36-21/h5-14,23H,1-4H3,(H,28,32)(H,27,29,30). The third-order valence-electron chi connectivity index (χ3n) is 5.93. The number of anilines is 2. The number of carbonyl (C=O) groups excluding carboxylic acids is 1. The van der Waals surface area contributed by atoms with Crippen molar-refractivity contribution in [1.82, 2.24) is 14.8 Å². The number of furan rings is 1. The van der Waals surface area contributed by atoms with E-state index in [2.05, 4.69) is 15.6 Å². The number of benzene rings is 2. The van der Waals surface area contributed by atoms with Gasteiger partial charge in [0.25, 0.3) is 5.91 Å². The molecule has 1 atom stereocenters. The number of para-hydroxylation sites is 2. The summed E-state index contributed by atoms with van der Waals surface area (Å²) in [7, 11) is 4.72. The van der Waals surface area contributed by atoms with E-state index in [1.54, 1.807) is 68.7 Å². The number of rotatable bonds is 7. The fourth-order valence-electron chi connectivity index (χ4n) is 4.23. The van der Waals surface area contributed by atoms with E-state index in [1.807, 2.05) is 25.1 Å². The summed E-state index contributed by atoms with van der Waals surface area (Å²) in [5, 5.41) is 10.9. The van der Waals surface area contributed by atoms with E-state index < -0.39 is 6.04 Å². The molecule has 0 radical (unpaired) electrons. The molecule has 2 aromatic carbocycles. The summed E-state index contributed by atoms with van der Waals surface area (Å²) in [5.41, 5.74) is 2.27. The topological polar surface area (TPSA) is 113 Å². The van der Waals surface area contributed by atoms with Gasteiger partial charge in [-0.3, -0.25) is 4.79 Å². The van der Waals surface area contributed by atoms with Crippen LogP contribution in [0.25, 0.3) is 11.6 Å². The molecule has 1 aliphatic heterocycles. The summed E-state index contributed by atoms with van der Waals surface area (Å²) < 4.78 is 23.7. The first-order valence-corrected chi connectivity index (χ1v) is 11.2. The van der Waals surface area contributed by atoms with Crippen LogP contribution in [-0.4, -0.2) is 42.0 Å². The molecule has 0 saturated heterocycles. The van der Waals surface area contributed by atoms with E-state index in [4.69, 9.17) is 23.7 Å². The minimum Gasteiger partial charge on any atom is -0.497 e. The number of amides is 1. The Hall–Kier alpha value is -4.73. The monoisotopic (exact) mass is 487 g/mol. The van der Waals surface area contributed by atoms with Gasteiger partial charge in [-0.25, -0.2) is 4.68 Å². The number of ether oxygens (including phenoxy) is 3. The minimum atomic E-state index is -0.683. The first-order valence-electron chi connectivity index (χ1n) is 11.2. The summed E-state index contributed by atoms with van der Waals surface area (Å²) in [5.74, 6) is 2.74. The summed E-state index contributed by atoms with van der Waals surface area (Å²) in [6, 6.07) is 15.5. The molecule has 1 amide bonds. The van der Waals surface area contributed by atoms with Crippen molar-refractivity contribution < 1.29 is 23.4 Å². The smallest absolute Gasteiger partial charge is 0.255 e. The van der Waals surface area contributed by atoms with Gasteiger partial charge in [-0.05, 0) is 49.4 Å². The Kier molecular flexibility index (Phi) is 6.07. The van der Waals surface area contributed by atoms with Crippen LogP contribution in [0.3, 0.4) is 0 Å². The lowest BCUT2D eigenvalue weighted by atomic mass is 9.94. The number of aromatic nitrogens is 3. The third kappa shape index (κ3) is 4.02. The number of fused-ring (bicyclic) bond motifs is 1. The van der Waals surface area contributed by atoms with Gasteiger partial charge in [-0.15, -0.1) is 5.10 Å². The van der Waals surface area contributed by atoms with Crippen molar-refractivity contribution >= 4 is 17.5 Å². The summed E-state index contributed by atoms with van der Waals surface area (Å²) >= 11 is 0. The molecule has 2 aromatic heterocycles. The maximum atomic E-state index is 13.8. The van der Waals surface area contributed by atoms with E-state index in [0.29, 0.717) is 57.3 Å². The zero-order valence-electron chi connectivity index (χ0n) is 20.2. The Balaban J connectivity index is 1.66. The van der Waals surface area contributed by atoms with Crippen LogP contribution >= 0.6 is 0 Å². The second kappa shape index (κ2) is 9.49. The molecular formula is C26H25N5O5. The van der Waals surface area contributed by atoms with Crippen molar-refractivity contribution in [2.45, 2.75) is 13.0 Å². The zero-order chi connectivity index (χ0) is 25.2. The Morgan fingerprint density at radius 2 is 1.83 bits per heavy atom. The molecule has 4 aromatic rings. The van der Waals surface area contributed by atoms with Gasteiger partial charge in [0, 0.05) is 11.3 Å². The molecule has 1 aliphatic rings. The van der Waals surface area contributed by atoms with Gasteiger partial charge in [0.05, 0.1) is 38.9 Å². The number of carbonyl (C=O) groups is 1. The highest BCUT2D eigenvalue weighted by atomic mass is 16.5. The maximum Gasteiger partial charge on any atom is 0.255 e. The lowest BCUT2D eigenvalue weighted by Crippen LogP contribution is -2.31. The zero-order valence-corrected chi connectivity index (χ0v) is 20.2. The van der Waals surface area contributed by atoms with Gasteiger partial charge in [0.2, 0.25) is 11.8 Å². The maximum absolute atomic E-state index is 13.8. The van der Waals surface area contributed by atoms with E-state index in [1.165, 1.54) is 0 Å². The van der Waals surface area contributed by atoms with Crippen LogP contribution in [0.2, 0.25) is 0 Å². The van der Waals surface area contributed by atoms with E-state index in [-0.39, 0.29) is 5.91 Å². The molecule has 0 bridgehead atoms. The van der Waals surface area contributed by atoms with Crippen LogP contribution in [-0.2, 0) is 4.79 Å². The molecule has 10 nitrogen and oxygen atoms in total. The minimum absolute atomic E-state index is 0.333. The lowest BCUT2D eigenvalue weighted by Gasteiger charge is -2.29. The predicted molar refractivity (Wildman–Crippen MR) is 133 cm³/mol. The molecule has 0 aliphatic carbocycles. The molecule has 5 rings (SSSR count). The second-order valence-corrected chi connectivity index (χ2v) is 8.01. The van der Waals surface area contributed by atoms with Crippen molar-refractivity contribution in [1.29, 1.82) is 0 Å². The Morgan fingerprint density at radius 1 is 1.03 bits per heavy atom. The Morgan fingerprint density at radius 3 is 2.56 bits per heavy atom. The van der Waals surface area contributed by atoms with E-state index in [0.717, 1.165) is 0 Å². The first-order chi connectivity index (χ1) is 17.5. The van der Waals surface area contributed by atoms with Crippen LogP contribution in [0, 0.1) is 0 Å². The fraction of sp³-hybridized carbons (Fsp3) is 0.192. The predicted octanol–water partition coefficient (Wildman–Crippen LogP) is 4.49. The first kappa shape index (κ1) is 23.0. The highest BCUT2D eigenvalue weighted by Crippen LogP contribution is 2.42. The van der Waals surface area contributed by atoms with Crippen molar-refractivity contribution in [2.75, 3.05) is 32.0 Å². The van der Waals surface area contributed by atoms with E-state index in [9.17, 15) is 4.79 Å². The normalized spacial score (nSPS) is 14.6. The molecule has 0 saturated carbocycles. The third-order valence-corrected chi connectivity index (χ3v) is 5.93. The summed E-state index contributed by atoms with van der Waals surface area (Å²) in [6.07, 6.45) is 1.56. The molecule has 1 unspecified atom stereocenters. The summed E-state index contributed by atoms with van der Waals surface area (Å²) in [4.78, 5) is 18.4. The Bertz CT molecular complexity index is 1440. The number of hydrogen-bond acceptors (Lipinski definition) is 8. The molecule has 0 fully saturated rings. The largest absolute Gasteiger partial charge is 0.497 e. The Labute approximate surface area is 207 Å². The van der Waals surface area contributed by atoms with Crippen molar-refractivity contribution in [3.63, 3.8) is 0 Å². The fourth-order valence-corrected chi connectivity index (χ4v) is 4.23. The highest BCUT2D eigenvalue weighted by molar-refractivity contribution is 6.06. The highest BCUT2D eigenvalue weighted by Gasteiger charge is 2.37. The molecule has 0 spiro atoms. The average molecular weight is 488 g/mol.